The predicted octanol–water partition coefficient (Wildman–Crippen LogP) is 4.65. The number of benzene rings is 1. The lowest BCUT2D eigenvalue weighted by molar-refractivity contribution is -0.0415. The summed E-state index contributed by atoms with van der Waals surface area (Å²) < 4.78 is 5.67. The number of amides is 2. The monoisotopic (exact) mass is 387 g/mol. The smallest absolute Gasteiger partial charge is 0.321 e. The second kappa shape index (κ2) is 9.27. The van der Waals surface area contributed by atoms with Gasteiger partial charge in [0.1, 0.15) is 0 Å². The van der Waals surface area contributed by atoms with E-state index >= 15 is 0 Å². The van der Waals surface area contributed by atoms with Gasteiger partial charge in [-0.3, -0.25) is 4.90 Å². The van der Waals surface area contributed by atoms with Gasteiger partial charge in [0.05, 0.1) is 12.7 Å². The molecule has 2 saturated heterocycles. The maximum Gasteiger partial charge on any atom is 0.321 e. The maximum absolute atomic E-state index is 13.0. The van der Waals surface area contributed by atoms with Crippen LogP contribution in [0.2, 0.25) is 0 Å². The quantitative estimate of drug-likeness (QED) is 0.818. The zero-order chi connectivity index (χ0) is 20.3. The van der Waals surface area contributed by atoms with E-state index < -0.39 is 0 Å². The van der Waals surface area contributed by atoms with E-state index in [0.29, 0.717) is 24.0 Å². The first-order chi connectivity index (χ1) is 13.4. The number of piperidine rings is 1. The number of carbonyl (C=O) groups is 1. The molecule has 1 aromatic carbocycles. The number of carbonyl (C=O) groups excluding carboxylic acids is 1. The van der Waals surface area contributed by atoms with E-state index in [9.17, 15) is 4.79 Å². The molecular weight excluding hydrogens is 350 g/mol. The summed E-state index contributed by atoms with van der Waals surface area (Å²) >= 11 is 0. The van der Waals surface area contributed by atoms with E-state index in [0.717, 1.165) is 51.3 Å². The molecule has 1 N–H and O–H groups in total. The predicted molar refractivity (Wildman–Crippen MR) is 115 cm³/mol. The number of nitrogens with zero attached hydrogens (tertiary/aromatic N) is 2. The van der Waals surface area contributed by atoms with E-state index in [2.05, 4.69) is 63.0 Å². The molecule has 0 aliphatic carbocycles. The minimum absolute atomic E-state index is 0.0452. The third kappa shape index (κ3) is 4.87. The zero-order valence-corrected chi connectivity index (χ0v) is 18.2. The van der Waals surface area contributed by atoms with Crippen LogP contribution in [0, 0.1) is 0 Å². The van der Waals surface area contributed by atoms with Crippen molar-refractivity contribution in [3.63, 3.8) is 0 Å². The van der Waals surface area contributed by atoms with Crippen molar-refractivity contribution >= 4 is 11.7 Å². The van der Waals surface area contributed by atoms with Crippen LogP contribution < -0.4 is 5.32 Å². The molecule has 0 radical (unpaired) electrons. The van der Waals surface area contributed by atoms with Gasteiger partial charge in [0.25, 0.3) is 0 Å². The highest BCUT2D eigenvalue weighted by molar-refractivity contribution is 5.91. The summed E-state index contributed by atoms with van der Waals surface area (Å²) in [6.45, 7) is 15.4. The molecule has 3 rings (SSSR count). The Morgan fingerprint density at radius 1 is 1.07 bits per heavy atom. The van der Waals surface area contributed by atoms with Crippen molar-refractivity contribution in [2.45, 2.75) is 71.4 Å². The van der Waals surface area contributed by atoms with Gasteiger partial charge in [-0.05, 0) is 42.7 Å². The lowest BCUT2D eigenvalue weighted by atomic mass is 9.92. The van der Waals surface area contributed by atoms with Crippen molar-refractivity contribution in [3.05, 3.63) is 29.3 Å². The fourth-order valence-electron chi connectivity index (χ4n) is 4.49. The summed E-state index contributed by atoms with van der Waals surface area (Å²) in [6, 6.07) is 7.00. The van der Waals surface area contributed by atoms with Crippen LogP contribution in [0.5, 0.6) is 0 Å². The number of nitrogens with one attached hydrogen (secondary N) is 1. The van der Waals surface area contributed by atoms with Gasteiger partial charge < -0.3 is 15.0 Å². The molecule has 2 aliphatic heterocycles. The largest absolute Gasteiger partial charge is 0.376 e. The van der Waals surface area contributed by atoms with Crippen molar-refractivity contribution in [1.29, 1.82) is 0 Å². The van der Waals surface area contributed by atoms with Gasteiger partial charge in [-0.1, -0.05) is 45.9 Å². The van der Waals surface area contributed by atoms with Gasteiger partial charge in [0.15, 0.2) is 0 Å². The third-order valence-corrected chi connectivity index (χ3v) is 6.15. The summed E-state index contributed by atoms with van der Waals surface area (Å²) in [4.78, 5) is 17.6. The molecule has 1 unspecified atom stereocenters. The highest BCUT2D eigenvalue weighted by Crippen LogP contribution is 2.33. The van der Waals surface area contributed by atoms with Crippen LogP contribution >= 0.6 is 0 Å². The van der Waals surface area contributed by atoms with Gasteiger partial charge in [-0.25, -0.2) is 4.79 Å². The van der Waals surface area contributed by atoms with Crippen LogP contribution in [0.15, 0.2) is 18.2 Å². The van der Waals surface area contributed by atoms with Gasteiger partial charge in [0, 0.05) is 37.9 Å². The zero-order valence-electron chi connectivity index (χ0n) is 18.2. The molecule has 1 atom stereocenters. The number of morpholine rings is 1. The standard InChI is InChI=1S/C23H37N3O2/c1-16(2)20-7-6-8-21(17(3)4)22(20)24-23(27)25-11-9-19(10-12-25)26-13-14-28-18(5)15-26/h6-8,16-19H,9-15H2,1-5H3,(H,24,27). The molecule has 28 heavy (non-hydrogen) atoms. The van der Waals surface area contributed by atoms with Gasteiger partial charge in [0.2, 0.25) is 0 Å². The number of anilines is 1. The Labute approximate surface area is 170 Å². The summed E-state index contributed by atoms with van der Waals surface area (Å²) in [5.41, 5.74) is 3.45. The number of likely N-dealkylation sites (tertiary alicyclic amines) is 1. The van der Waals surface area contributed by atoms with Crippen LogP contribution in [0.1, 0.15) is 70.4 Å². The maximum atomic E-state index is 13.0. The molecule has 0 bridgehead atoms. The van der Waals surface area contributed by atoms with Crippen LogP contribution in [0.3, 0.4) is 0 Å². The number of hydrogen-bond acceptors (Lipinski definition) is 3. The number of hydrogen-bond donors (Lipinski definition) is 1. The van der Waals surface area contributed by atoms with E-state index in [1.54, 1.807) is 0 Å². The topological polar surface area (TPSA) is 44.8 Å². The van der Waals surface area contributed by atoms with E-state index in [1.807, 2.05) is 4.90 Å². The van der Waals surface area contributed by atoms with Crippen LogP contribution in [-0.4, -0.2) is 60.8 Å². The Morgan fingerprint density at radius 2 is 1.68 bits per heavy atom. The Kier molecular flexibility index (Phi) is 7.00. The first kappa shape index (κ1) is 21.1. The SMILES string of the molecule is CC1CN(C2CCN(C(=O)Nc3c(C(C)C)cccc3C(C)C)CC2)CCO1. The minimum Gasteiger partial charge on any atom is -0.376 e. The first-order valence-corrected chi connectivity index (χ1v) is 10.9. The van der Waals surface area contributed by atoms with Crippen molar-refractivity contribution in [2.75, 3.05) is 38.1 Å². The molecule has 2 fully saturated rings. The average Bonchev–Trinajstić information content (AvgIpc) is 2.68. The Balaban J connectivity index is 1.63. The van der Waals surface area contributed by atoms with Crippen LogP contribution in [0.4, 0.5) is 10.5 Å². The van der Waals surface area contributed by atoms with Gasteiger partial charge in [-0.15, -0.1) is 0 Å². The second-order valence-electron chi connectivity index (χ2n) is 8.95. The molecule has 0 spiro atoms. The molecule has 2 heterocycles. The molecule has 1 aromatic rings. The van der Waals surface area contributed by atoms with Gasteiger partial charge in [-0.2, -0.15) is 0 Å². The summed E-state index contributed by atoms with van der Waals surface area (Å²) in [7, 11) is 0. The molecule has 5 nitrogen and oxygen atoms in total. The Morgan fingerprint density at radius 3 is 2.21 bits per heavy atom. The van der Waals surface area contributed by atoms with Crippen LogP contribution in [-0.2, 0) is 4.74 Å². The lowest BCUT2D eigenvalue weighted by Crippen LogP contribution is -2.52. The first-order valence-electron chi connectivity index (χ1n) is 10.9. The van der Waals surface area contributed by atoms with Crippen LogP contribution in [0.25, 0.3) is 0 Å². The molecular formula is C23H37N3O2. The van der Waals surface area contributed by atoms with E-state index in [-0.39, 0.29) is 6.03 Å². The molecule has 2 aliphatic rings. The van der Waals surface area contributed by atoms with Crippen molar-refractivity contribution in [3.8, 4) is 0 Å². The van der Waals surface area contributed by atoms with Crippen molar-refractivity contribution in [1.82, 2.24) is 9.80 Å². The third-order valence-electron chi connectivity index (χ3n) is 6.15. The second-order valence-corrected chi connectivity index (χ2v) is 8.95. The number of rotatable bonds is 4. The Bertz CT molecular complexity index is 640. The Hall–Kier alpha value is -1.59. The normalized spacial score (nSPS) is 22.1. The minimum atomic E-state index is 0.0452. The number of urea groups is 1. The summed E-state index contributed by atoms with van der Waals surface area (Å²) in [5.74, 6) is 0.756. The van der Waals surface area contributed by atoms with Gasteiger partial charge >= 0.3 is 6.03 Å². The van der Waals surface area contributed by atoms with Crippen molar-refractivity contribution < 1.29 is 9.53 Å². The molecule has 5 heteroatoms. The number of para-hydroxylation sites is 1. The van der Waals surface area contributed by atoms with Crippen molar-refractivity contribution in [2.24, 2.45) is 0 Å². The lowest BCUT2D eigenvalue weighted by Gasteiger charge is -2.41. The fourth-order valence-corrected chi connectivity index (χ4v) is 4.49. The molecule has 156 valence electrons. The van der Waals surface area contributed by atoms with E-state index in [1.165, 1.54) is 11.1 Å². The summed E-state index contributed by atoms with van der Waals surface area (Å²) in [5, 5.41) is 3.27. The van der Waals surface area contributed by atoms with E-state index in [4.69, 9.17) is 4.74 Å². The number of ether oxygens (including phenoxy) is 1. The molecule has 2 amide bonds. The highest BCUT2D eigenvalue weighted by Gasteiger charge is 2.30. The molecule has 0 aromatic heterocycles. The fraction of sp³-hybridized carbons (Fsp3) is 0.696. The average molecular weight is 388 g/mol. The molecule has 0 saturated carbocycles. The highest BCUT2D eigenvalue weighted by atomic mass is 16.5. The summed E-state index contributed by atoms with van der Waals surface area (Å²) in [6.07, 6.45) is 2.41.